The lowest BCUT2D eigenvalue weighted by Gasteiger charge is -2.55. The predicted molar refractivity (Wildman–Crippen MR) is 85.9 cm³/mol. The van der Waals surface area contributed by atoms with Gasteiger partial charge in [-0.1, -0.05) is 0 Å². The Morgan fingerprint density at radius 1 is 0.957 bits per heavy atom. The van der Waals surface area contributed by atoms with Gasteiger partial charge in [0, 0.05) is 12.4 Å². The largest absolute Gasteiger partial charge is 0.455 e. The molecule has 4 saturated carbocycles. The quantitative estimate of drug-likeness (QED) is 0.793. The maximum Gasteiger partial charge on any atom is 0.338 e. The molecule has 0 radical (unpaired) electrons. The topological polar surface area (TPSA) is 52.1 Å². The fourth-order valence-corrected chi connectivity index (χ4v) is 5.50. The predicted octanol–water partition coefficient (Wildman–Crippen LogP) is 3.76. The first kappa shape index (κ1) is 13.5. The van der Waals surface area contributed by atoms with Crippen LogP contribution in [0.5, 0.6) is 0 Å². The van der Waals surface area contributed by atoms with E-state index in [1.54, 1.807) is 24.5 Å². The smallest absolute Gasteiger partial charge is 0.338 e. The minimum atomic E-state index is -0.195. The van der Waals surface area contributed by atoms with Crippen molar-refractivity contribution in [3.8, 4) is 0 Å². The number of esters is 1. The van der Waals surface area contributed by atoms with Crippen LogP contribution in [0.3, 0.4) is 0 Å². The molecule has 0 unspecified atom stereocenters. The summed E-state index contributed by atoms with van der Waals surface area (Å²) in [6.45, 7) is 0. The second kappa shape index (κ2) is 4.76. The summed E-state index contributed by atoms with van der Waals surface area (Å²) in [4.78, 5) is 21.2. The van der Waals surface area contributed by atoms with E-state index in [1.165, 1.54) is 19.3 Å². The van der Waals surface area contributed by atoms with Crippen LogP contribution in [0.4, 0.5) is 0 Å². The summed E-state index contributed by atoms with van der Waals surface area (Å²) in [5, 5.41) is 0. The van der Waals surface area contributed by atoms with Gasteiger partial charge < -0.3 is 4.74 Å². The first-order chi connectivity index (χ1) is 11.2. The van der Waals surface area contributed by atoms with Crippen molar-refractivity contribution in [2.75, 3.05) is 0 Å². The van der Waals surface area contributed by atoms with Crippen molar-refractivity contribution in [3.05, 3.63) is 36.2 Å². The van der Waals surface area contributed by atoms with Gasteiger partial charge in [0.1, 0.15) is 5.60 Å². The molecule has 0 saturated heterocycles. The molecule has 23 heavy (non-hydrogen) atoms. The second-order valence-electron chi connectivity index (χ2n) is 7.75. The Kier molecular flexibility index (Phi) is 2.79. The van der Waals surface area contributed by atoms with E-state index in [2.05, 4.69) is 9.97 Å². The summed E-state index contributed by atoms with van der Waals surface area (Å²) in [5.74, 6) is 2.13. The minimum absolute atomic E-state index is 0.191. The van der Waals surface area contributed by atoms with Crippen molar-refractivity contribution in [1.29, 1.82) is 0 Å². The highest BCUT2D eigenvalue weighted by atomic mass is 16.6. The lowest BCUT2D eigenvalue weighted by atomic mass is 9.54. The highest BCUT2D eigenvalue weighted by molar-refractivity contribution is 5.93. The lowest BCUT2D eigenvalue weighted by Crippen LogP contribution is -2.52. The first-order valence-electron chi connectivity index (χ1n) is 8.63. The number of ether oxygens (including phenoxy) is 1. The van der Waals surface area contributed by atoms with Gasteiger partial charge >= 0.3 is 5.97 Å². The Bertz CT molecular complexity index is 751. The highest BCUT2D eigenvalue weighted by Crippen LogP contribution is 2.57. The standard InChI is InChI=1S/C19H20N2O2/c22-18(15-1-2-16-17(8-15)21-4-3-20-16)23-19-9-12-5-13(10-19)7-14(6-12)11-19/h1-4,8,12-14H,5-7,9-11H2. The number of aromatic nitrogens is 2. The monoisotopic (exact) mass is 308 g/mol. The van der Waals surface area contributed by atoms with E-state index in [9.17, 15) is 4.79 Å². The molecule has 6 rings (SSSR count). The summed E-state index contributed by atoms with van der Waals surface area (Å²) < 4.78 is 6.10. The average Bonchev–Trinajstić information content (AvgIpc) is 2.52. The van der Waals surface area contributed by atoms with Gasteiger partial charge in [0.25, 0.3) is 0 Å². The van der Waals surface area contributed by atoms with E-state index in [4.69, 9.17) is 4.74 Å². The Labute approximate surface area is 135 Å². The van der Waals surface area contributed by atoms with Gasteiger partial charge in [0.15, 0.2) is 0 Å². The summed E-state index contributed by atoms with van der Waals surface area (Å²) in [6, 6.07) is 5.45. The van der Waals surface area contributed by atoms with Crippen molar-refractivity contribution in [2.45, 2.75) is 44.1 Å². The molecule has 0 atom stereocenters. The van der Waals surface area contributed by atoms with E-state index in [-0.39, 0.29) is 11.6 Å². The van der Waals surface area contributed by atoms with E-state index < -0.39 is 0 Å². The molecular formula is C19H20N2O2. The van der Waals surface area contributed by atoms with E-state index in [0.717, 1.165) is 48.0 Å². The number of rotatable bonds is 2. The third-order valence-corrected chi connectivity index (χ3v) is 6.00. The van der Waals surface area contributed by atoms with Gasteiger partial charge in [0.05, 0.1) is 16.6 Å². The maximum atomic E-state index is 12.7. The summed E-state index contributed by atoms with van der Waals surface area (Å²) in [7, 11) is 0. The third kappa shape index (κ3) is 2.23. The Hall–Kier alpha value is -1.97. The zero-order chi connectivity index (χ0) is 15.4. The first-order valence-corrected chi connectivity index (χ1v) is 8.63. The fraction of sp³-hybridized carbons (Fsp3) is 0.526. The minimum Gasteiger partial charge on any atom is -0.455 e. The van der Waals surface area contributed by atoms with Gasteiger partial charge in [-0.2, -0.15) is 0 Å². The molecule has 1 aromatic heterocycles. The summed E-state index contributed by atoms with van der Waals surface area (Å²) >= 11 is 0. The van der Waals surface area contributed by atoms with Crippen LogP contribution >= 0.6 is 0 Å². The van der Waals surface area contributed by atoms with Gasteiger partial charge in [-0.3, -0.25) is 9.97 Å². The van der Waals surface area contributed by atoms with Gasteiger partial charge in [-0.05, 0) is 74.5 Å². The molecular weight excluding hydrogens is 288 g/mol. The van der Waals surface area contributed by atoms with Crippen molar-refractivity contribution in [2.24, 2.45) is 17.8 Å². The molecule has 118 valence electrons. The van der Waals surface area contributed by atoms with Crippen molar-refractivity contribution >= 4 is 17.0 Å². The Morgan fingerprint density at radius 3 is 2.22 bits per heavy atom. The number of carbonyl (C=O) groups excluding carboxylic acids is 1. The van der Waals surface area contributed by atoms with Crippen LogP contribution in [-0.2, 0) is 4.74 Å². The maximum absolute atomic E-state index is 12.7. The number of hydrogen-bond donors (Lipinski definition) is 0. The molecule has 4 aliphatic rings. The lowest BCUT2D eigenvalue weighted by molar-refractivity contribution is -0.131. The number of nitrogens with zero attached hydrogens (tertiary/aromatic N) is 2. The second-order valence-corrected chi connectivity index (χ2v) is 7.75. The average molecular weight is 308 g/mol. The van der Waals surface area contributed by atoms with E-state index in [0.29, 0.717) is 5.56 Å². The molecule has 0 N–H and O–H groups in total. The molecule has 4 heteroatoms. The normalized spacial score (nSPS) is 34.7. The van der Waals surface area contributed by atoms with Crippen LogP contribution in [-0.4, -0.2) is 21.5 Å². The molecule has 4 nitrogen and oxygen atoms in total. The SMILES string of the molecule is O=C(OC12CC3CC(CC(C3)C1)C2)c1ccc2nccnc2c1. The number of fused-ring (bicyclic) bond motifs is 1. The molecule has 4 fully saturated rings. The zero-order valence-electron chi connectivity index (χ0n) is 13.1. The third-order valence-electron chi connectivity index (χ3n) is 6.00. The molecule has 4 bridgehead atoms. The molecule has 1 aromatic carbocycles. The van der Waals surface area contributed by atoms with Gasteiger partial charge in [0.2, 0.25) is 0 Å². The molecule has 0 aliphatic heterocycles. The Balaban J connectivity index is 1.42. The molecule has 1 heterocycles. The summed E-state index contributed by atoms with van der Waals surface area (Å²) in [5.41, 5.74) is 1.95. The van der Waals surface area contributed by atoms with Crippen LogP contribution < -0.4 is 0 Å². The highest BCUT2D eigenvalue weighted by Gasteiger charge is 2.53. The number of hydrogen-bond acceptors (Lipinski definition) is 4. The molecule has 4 aliphatic carbocycles. The van der Waals surface area contributed by atoms with Crippen LogP contribution in [0.25, 0.3) is 11.0 Å². The number of benzene rings is 1. The van der Waals surface area contributed by atoms with Crippen LogP contribution in [0.2, 0.25) is 0 Å². The zero-order valence-corrected chi connectivity index (χ0v) is 13.1. The van der Waals surface area contributed by atoms with Crippen LogP contribution in [0, 0.1) is 17.8 Å². The Morgan fingerprint density at radius 2 is 1.57 bits per heavy atom. The van der Waals surface area contributed by atoms with Crippen LogP contribution in [0.1, 0.15) is 48.9 Å². The van der Waals surface area contributed by atoms with Gasteiger partial charge in [-0.15, -0.1) is 0 Å². The number of carbonyl (C=O) groups is 1. The van der Waals surface area contributed by atoms with Crippen molar-refractivity contribution < 1.29 is 9.53 Å². The van der Waals surface area contributed by atoms with Crippen molar-refractivity contribution in [3.63, 3.8) is 0 Å². The molecule has 0 amide bonds. The van der Waals surface area contributed by atoms with Crippen molar-refractivity contribution in [1.82, 2.24) is 9.97 Å². The van der Waals surface area contributed by atoms with Gasteiger partial charge in [-0.25, -0.2) is 4.79 Å². The van der Waals surface area contributed by atoms with E-state index >= 15 is 0 Å². The van der Waals surface area contributed by atoms with E-state index in [1.807, 2.05) is 6.07 Å². The van der Waals surface area contributed by atoms with Crippen LogP contribution in [0.15, 0.2) is 30.6 Å². The molecule has 0 spiro atoms. The molecule has 2 aromatic rings. The fourth-order valence-electron chi connectivity index (χ4n) is 5.50. The summed E-state index contributed by atoms with van der Waals surface area (Å²) in [6.07, 6.45) is 10.6.